The summed E-state index contributed by atoms with van der Waals surface area (Å²) in [4.78, 5) is 0. The zero-order valence-electron chi connectivity index (χ0n) is 22.2. The molecule has 0 bridgehead atoms. The van der Waals surface area contributed by atoms with E-state index >= 15 is 0 Å². The molecule has 0 aliphatic heterocycles. The first kappa shape index (κ1) is 30.2. The third kappa shape index (κ3) is 6.62. The molecule has 0 saturated carbocycles. The van der Waals surface area contributed by atoms with Gasteiger partial charge in [-0.05, 0) is 70.5 Å². The minimum Gasteiger partial charge on any atom is -0.247 e. The van der Waals surface area contributed by atoms with E-state index in [2.05, 4.69) is 4.74 Å². The van der Waals surface area contributed by atoms with E-state index in [4.69, 9.17) is 0 Å². The average molecular weight is 579 g/mol. The Morgan fingerprint density at radius 3 is 1.05 bits per heavy atom. The van der Waals surface area contributed by atoms with Crippen molar-refractivity contribution in [1.82, 2.24) is 0 Å². The van der Waals surface area contributed by atoms with Crippen LogP contribution in [0.15, 0.2) is 72.8 Å². The fourth-order valence-electron chi connectivity index (χ4n) is 4.60. The van der Waals surface area contributed by atoms with Gasteiger partial charge in [-0.2, -0.15) is 17.6 Å². The summed E-state index contributed by atoms with van der Waals surface area (Å²) in [6.45, 7) is 3.93. The fraction of sp³-hybridized carbons (Fsp3) is 0.250. The number of benzene rings is 4. The second-order valence-electron chi connectivity index (χ2n) is 9.66. The predicted octanol–water partition coefficient (Wildman–Crippen LogP) is 10.3. The van der Waals surface area contributed by atoms with Crippen molar-refractivity contribution >= 4 is 0 Å². The first-order chi connectivity index (χ1) is 19.4. The van der Waals surface area contributed by atoms with Crippen LogP contribution in [-0.2, 0) is 29.8 Å². The first-order valence-electron chi connectivity index (χ1n) is 13.0. The van der Waals surface area contributed by atoms with E-state index < -0.39 is 46.6 Å². The van der Waals surface area contributed by atoms with Crippen LogP contribution in [0, 0.1) is 23.3 Å². The maximum Gasteiger partial charge on any atom is 0.393 e. The number of hydrogen-bond acceptors (Lipinski definition) is 1. The third-order valence-electron chi connectivity index (χ3n) is 6.57. The van der Waals surface area contributed by atoms with Gasteiger partial charge in [-0.15, -0.1) is 0 Å². The lowest BCUT2D eigenvalue weighted by molar-refractivity contribution is -0.394. The number of alkyl halides is 4. The highest BCUT2D eigenvalue weighted by molar-refractivity contribution is 5.65. The molecule has 0 N–H and O–H groups in total. The van der Waals surface area contributed by atoms with Crippen LogP contribution >= 0.6 is 0 Å². The average Bonchev–Trinajstić information content (AvgIpc) is 2.88. The zero-order chi connectivity index (χ0) is 29.9. The fourth-order valence-corrected chi connectivity index (χ4v) is 4.60. The molecular weight excluding hydrogens is 552 g/mol. The number of ether oxygens (including phenoxy) is 1. The molecule has 0 heterocycles. The number of halogens is 8. The Bertz CT molecular complexity index is 1350. The Morgan fingerprint density at radius 1 is 0.488 bits per heavy atom. The van der Waals surface area contributed by atoms with Gasteiger partial charge in [0.05, 0.1) is 0 Å². The van der Waals surface area contributed by atoms with Gasteiger partial charge in [0.2, 0.25) is 0 Å². The van der Waals surface area contributed by atoms with Gasteiger partial charge in [0.15, 0.2) is 0 Å². The number of hydrogen-bond donors (Lipinski definition) is 0. The largest absolute Gasteiger partial charge is 0.393 e. The highest BCUT2D eigenvalue weighted by Crippen LogP contribution is 2.45. The molecule has 0 aromatic heterocycles. The Hall–Kier alpha value is -3.72. The van der Waals surface area contributed by atoms with Gasteiger partial charge >= 0.3 is 12.2 Å². The lowest BCUT2D eigenvalue weighted by atomic mass is 9.99. The molecule has 0 aliphatic carbocycles. The second-order valence-corrected chi connectivity index (χ2v) is 9.66. The molecule has 216 valence electrons. The smallest absolute Gasteiger partial charge is 0.247 e. The third-order valence-corrected chi connectivity index (χ3v) is 6.57. The maximum absolute atomic E-state index is 14.8. The minimum absolute atomic E-state index is 0.121. The van der Waals surface area contributed by atoms with E-state index in [0.29, 0.717) is 35.4 Å². The monoisotopic (exact) mass is 578 g/mol. The normalized spacial score (nSPS) is 12.1. The van der Waals surface area contributed by atoms with Crippen LogP contribution in [0.4, 0.5) is 35.1 Å². The van der Waals surface area contributed by atoms with Gasteiger partial charge in [0.1, 0.15) is 34.4 Å². The maximum atomic E-state index is 14.8. The zero-order valence-corrected chi connectivity index (χ0v) is 22.2. The van der Waals surface area contributed by atoms with Crippen LogP contribution in [-0.4, -0.2) is 0 Å². The van der Waals surface area contributed by atoms with Crippen LogP contribution in [0.1, 0.15) is 48.9 Å². The summed E-state index contributed by atoms with van der Waals surface area (Å²) in [7, 11) is 0. The number of aryl methyl sites for hydroxylation is 2. The molecule has 4 rings (SSSR count). The SMILES string of the molecule is CCCc1ccc(-c2cc(F)c(C(F)(F)OC(F)(F)c3c(F)cc(-c4ccc(CCC)cc4)cc3F)c(F)c2)cc1. The lowest BCUT2D eigenvalue weighted by Gasteiger charge is -2.25. The molecule has 0 spiro atoms. The molecule has 0 amide bonds. The Kier molecular flexibility index (Phi) is 8.87. The molecule has 0 aliphatic rings. The number of rotatable bonds is 10. The summed E-state index contributed by atoms with van der Waals surface area (Å²) in [5.41, 5.74) is -1.97. The van der Waals surface area contributed by atoms with Crippen molar-refractivity contribution in [2.45, 2.75) is 51.7 Å². The van der Waals surface area contributed by atoms with E-state index in [1.807, 2.05) is 13.8 Å². The molecular formula is C32H26F8O. The Labute approximate surface area is 232 Å². The van der Waals surface area contributed by atoms with Crippen molar-refractivity contribution in [2.24, 2.45) is 0 Å². The van der Waals surface area contributed by atoms with E-state index in [1.165, 1.54) is 24.3 Å². The summed E-state index contributed by atoms with van der Waals surface area (Å²) in [6, 6.07) is 15.2. The van der Waals surface area contributed by atoms with Crippen molar-refractivity contribution in [2.75, 3.05) is 0 Å². The Morgan fingerprint density at radius 2 is 0.780 bits per heavy atom. The predicted molar refractivity (Wildman–Crippen MR) is 140 cm³/mol. The van der Waals surface area contributed by atoms with Crippen molar-refractivity contribution in [3.8, 4) is 22.3 Å². The van der Waals surface area contributed by atoms with Crippen LogP contribution < -0.4 is 0 Å². The van der Waals surface area contributed by atoms with Crippen molar-refractivity contribution < 1.29 is 39.9 Å². The van der Waals surface area contributed by atoms with E-state index in [9.17, 15) is 35.1 Å². The van der Waals surface area contributed by atoms with Gasteiger partial charge in [-0.3, -0.25) is 0 Å². The van der Waals surface area contributed by atoms with Gasteiger partial charge in [-0.1, -0.05) is 75.2 Å². The highest BCUT2D eigenvalue weighted by Gasteiger charge is 2.52. The van der Waals surface area contributed by atoms with E-state index in [0.717, 1.165) is 36.8 Å². The molecule has 0 atom stereocenters. The molecule has 1 nitrogen and oxygen atoms in total. The molecule has 0 saturated heterocycles. The molecule has 0 radical (unpaired) electrons. The van der Waals surface area contributed by atoms with Gasteiger partial charge in [0, 0.05) is 0 Å². The van der Waals surface area contributed by atoms with Gasteiger partial charge < -0.3 is 0 Å². The molecule has 0 fully saturated rings. The molecule has 4 aromatic carbocycles. The van der Waals surface area contributed by atoms with Crippen molar-refractivity contribution in [3.05, 3.63) is 118 Å². The quantitative estimate of drug-likeness (QED) is 0.170. The van der Waals surface area contributed by atoms with Crippen LogP contribution in [0.25, 0.3) is 22.3 Å². The molecule has 41 heavy (non-hydrogen) atoms. The van der Waals surface area contributed by atoms with Crippen molar-refractivity contribution in [3.63, 3.8) is 0 Å². The Balaban J connectivity index is 1.62. The van der Waals surface area contributed by atoms with Gasteiger partial charge in [0.25, 0.3) is 0 Å². The second kappa shape index (κ2) is 12.0. The summed E-state index contributed by atoms with van der Waals surface area (Å²) in [5.74, 6) is -7.50. The summed E-state index contributed by atoms with van der Waals surface area (Å²) < 4.78 is 122. The van der Waals surface area contributed by atoms with E-state index in [1.54, 1.807) is 24.3 Å². The van der Waals surface area contributed by atoms with Crippen molar-refractivity contribution in [1.29, 1.82) is 0 Å². The van der Waals surface area contributed by atoms with E-state index in [-0.39, 0.29) is 11.1 Å². The molecule has 9 heteroatoms. The minimum atomic E-state index is -5.30. The topological polar surface area (TPSA) is 9.23 Å². The first-order valence-corrected chi connectivity index (χ1v) is 13.0. The summed E-state index contributed by atoms with van der Waals surface area (Å²) in [6.07, 6.45) is -7.35. The van der Waals surface area contributed by atoms with Crippen LogP contribution in [0.2, 0.25) is 0 Å². The molecule has 4 aromatic rings. The standard InChI is InChI=1S/C32H26F8O/c1-3-5-19-7-11-21(12-8-19)23-15-25(33)29(26(34)16-23)31(37,38)41-32(39,40)30-27(35)17-24(18-28(30)36)22-13-9-20(6-4-2)10-14-22/h7-18H,3-6H2,1-2H3. The van der Waals surface area contributed by atoms with Crippen LogP contribution in [0.3, 0.4) is 0 Å². The highest BCUT2D eigenvalue weighted by atomic mass is 19.3. The summed E-state index contributed by atoms with van der Waals surface area (Å²) >= 11 is 0. The molecule has 0 unspecified atom stereocenters. The lowest BCUT2D eigenvalue weighted by Crippen LogP contribution is -2.32. The summed E-state index contributed by atoms with van der Waals surface area (Å²) in [5, 5.41) is 0. The van der Waals surface area contributed by atoms with Gasteiger partial charge in [-0.25, -0.2) is 22.3 Å². The van der Waals surface area contributed by atoms with Crippen LogP contribution in [0.5, 0.6) is 0 Å².